The molecule has 0 bridgehead atoms. The second-order valence-electron chi connectivity index (χ2n) is 0.513. The minimum Gasteiger partial charge on any atom is 0 e. The van der Waals surface area contributed by atoms with E-state index in [2.05, 4.69) is 29.2 Å². The molecule has 0 aromatic heterocycles. The largest absolute Gasteiger partial charge is 0 e. The first-order valence-electron chi connectivity index (χ1n) is 0.897. The average Bonchev–Trinajstić information content (AvgIpc) is 1.36. The fraction of sp³-hybridized carbons (Fsp3) is 0. The van der Waals surface area contributed by atoms with Gasteiger partial charge in [0.1, 0.15) is 0 Å². The van der Waals surface area contributed by atoms with Crippen molar-refractivity contribution in [1.29, 1.82) is 0 Å². The average molecular weight is 333 g/mol. The van der Waals surface area contributed by atoms with Crippen molar-refractivity contribution in [3.8, 4) is 0 Å². The summed E-state index contributed by atoms with van der Waals surface area (Å²) in [6.07, 6.45) is 0. The van der Waals surface area contributed by atoms with E-state index in [0.717, 1.165) is 0 Å². The Bertz CT molecular complexity index is 62.2. The molecule has 0 amide bonds. The van der Waals surface area contributed by atoms with E-state index in [0.29, 0.717) is 0 Å². The van der Waals surface area contributed by atoms with Crippen molar-refractivity contribution < 1.29 is 65.4 Å². The Balaban J connectivity index is -0.0000000750. The first-order valence-corrected chi connectivity index (χ1v) is 4.37. The van der Waals surface area contributed by atoms with Gasteiger partial charge in [0.15, 0.2) is 0 Å². The summed E-state index contributed by atoms with van der Waals surface area (Å²) in [5.41, 5.74) is 0. The summed E-state index contributed by atoms with van der Waals surface area (Å²) in [4.78, 5) is 21.6. The minimum absolute atomic E-state index is 0. The molecular formula is H3AgClO4PZr. The smallest absolute Gasteiger partial charge is 0 e. The Morgan fingerprint density at radius 1 is 1.25 bits per heavy atom. The summed E-state index contributed by atoms with van der Waals surface area (Å²) in [6, 6.07) is 0. The maximum absolute atomic E-state index is 8.88. The molecule has 8 heteroatoms. The van der Waals surface area contributed by atoms with Crippen molar-refractivity contribution >= 4 is 17.0 Å². The first-order chi connectivity index (χ1) is 3.00. The number of hydrogen-bond acceptors (Lipinski definition) is 1. The van der Waals surface area contributed by atoms with Crippen LogP contribution in [0.3, 0.4) is 0 Å². The van der Waals surface area contributed by atoms with E-state index in [1.165, 1.54) is 0 Å². The van der Waals surface area contributed by atoms with E-state index in [1.54, 1.807) is 0 Å². The summed E-state index contributed by atoms with van der Waals surface area (Å²) in [5.74, 6) is 0. The van der Waals surface area contributed by atoms with Gasteiger partial charge in [0.2, 0.25) is 0 Å². The van der Waals surface area contributed by atoms with Crippen LogP contribution < -0.4 is 0 Å². The Morgan fingerprint density at radius 2 is 1.25 bits per heavy atom. The molecule has 0 aromatic rings. The third-order valence-corrected chi connectivity index (χ3v) is 0. The Morgan fingerprint density at radius 3 is 1.25 bits per heavy atom. The Kier molecular flexibility index (Phi) is 18.7. The molecule has 0 atom stereocenters. The van der Waals surface area contributed by atoms with Gasteiger partial charge in [0, 0.05) is 26.2 Å². The van der Waals surface area contributed by atoms with Crippen LogP contribution in [0.25, 0.3) is 0 Å². The number of phosphoric acid groups is 1. The van der Waals surface area contributed by atoms with E-state index >= 15 is 0 Å². The monoisotopic (exact) mass is 330 g/mol. The summed E-state index contributed by atoms with van der Waals surface area (Å²) < 4.78 is 8.88. The molecule has 0 spiro atoms. The summed E-state index contributed by atoms with van der Waals surface area (Å²) in [6.45, 7) is 0. The molecule has 0 aliphatic heterocycles. The molecule has 4 nitrogen and oxygen atoms in total. The molecule has 0 unspecified atom stereocenters. The molecule has 8 heavy (non-hydrogen) atoms. The second kappa shape index (κ2) is 9.02. The minimum atomic E-state index is -4.64. The molecule has 0 saturated heterocycles. The van der Waals surface area contributed by atoms with Crippen molar-refractivity contribution in [3.63, 3.8) is 0 Å². The molecule has 0 aromatic carbocycles. The van der Waals surface area contributed by atoms with Gasteiger partial charge in [-0.3, -0.25) is 0 Å². The summed E-state index contributed by atoms with van der Waals surface area (Å²) in [5, 5.41) is 0. The van der Waals surface area contributed by atoms with E-state index < -0.39 is 7.82 Å². The van der Waals surface area contributed by atoms with Gasteiger partial charge in [0.05, 0.1) is 0 Å². The van der Waals surface area contributed by atoms with Crippen LogP contribution in [0.5, 0.6) is 0 Å². The predicted octanol–water partition coefficient (Wildman–Crippen LogP) is -0.244. The van der Waals surface area contributed by atoms with Crippen molar-refractivity contribution in [1.82, 2.24) is 0 Å². The van der Waals surface area contributed by atoms with Crippen LogP contribution in [0.2, 0.25) is 0 Å². The van der Waals surface area contributed by atoms with E-state index in [9.17, 15) is 0 Å². The molecule has 0 heterocycles. The first kappa shape index (κ1) is 16.5. The van der Waals surface area contributed by atoms with Gasteiger partial charge in [-0.05, 0) is 0 Å². The topological polar surface area (TPSA) is 77.8 Å². The number of hydrogen-bond donors (Lipinski definition) is 3. The third-order valence-electron chi connectivity index (χ3n) is 0. The number of halogens is 1. The fourth-order valence-corrected chi connectivity index (χ4v) is 0. The summed E-state index contributed by atoms with van der Waals surface area (Å²) >= 11 is 2.42. The zero-order chi connectivity index (χ0) is 6.50. The van der Waals surface area contributed by atoms with Crippen LogP contribution in [0, 0.1) is 0 Å². The van der Waals surface area contributed by atoms with E-state index in [4.69, 9.17) is 19.2 Å². The van der Waals surface area contributed by atoms with E-state index in [1.807, 2.05) is 0 Å². The van der Waals surface area contributed by atoms with Crippen LogP contribution in [0.1, 0.15) is 0 Å². The van der Waals surface area contributed by atoms with Crippen LogP contribution in [0.4, 0.5) is 0 Å². The van der Waals surface area contributed by atoms with Crippen molar-refractivity contribution in [3.05, 3.63) is 0 Å². The molecular weight excluding hydrogens is 330 g/mol. The predicted molar refractivity (Wildman–Crippen MR) is 20.1 cm³/mol. The van der Waals surface area contributed by atoms with Gasteiger partial charge in [-0.1, -0.05) is 0 Å². The van der Waals surface area contributed by atoms with E-state index in [-0.39, 0.29) is 26.2 Å². The van der Waals surface area contributed by atoms with Gasteiger partial charge in [-0.25, -0.2) is 4.57 Å². The molecule has 0 radical (unpaired) electrons. The molecule has 0 fully saturated rings. The maximum atomic E-state index is 8.88. The SMILES string of the molecule is O=P(O)(O)O.[Cl][Ag].[Zr]. The van der Waals surface area contributed by atoms with Gasteiger partial charge in [-0.2, -0.15) is 0 Å². The normalized spacial score (nSPS) is 8.25. The van der Waals surface area contributed by atoms with Gasteiger partial charge < -0.3 is 14.7 Å². The van der Waals surface area contributed by atoms with Crippen molar-refractivity contribution in [2.75, 3.05) is 0 Å². The third kappa shape index (κ3) is 96.7. The van der Waals surface area contributed by atoms with Crippen LogP contribution in [0.15, 0.2) is 0 Å². The zero-order valence-corrected chi connectivity index (χ0v) is 8.97. The standard InChI is InChI=1S/Ag.ClH.H3O4P.Zr/c;;1-5(2,3)4;/h;1H;(H3,1,2,3,4);/q+1;;;/p-1. The van der Waals surface area contributed by atoms with Crippen molar-refractivity contribution in [2.45, 2.75) is 0 Å². The molecule has 3 N–H and O–H groups in total. The van der Waals surface area contributed by atoms with Crippen LogP contribution in [-0.2, 0) is 50.8 Å². The zero-order valence-electron chi connectivity index (χ0n) is 3.38. The Hall–Kier alpha value is 2.02. The van der Waals surface area contributed by atoms with Gasteiger partial charge in [-0.15, -0.1) is 0 Å². The quantitative estimate of drug-likeness (QED) is 0.422. The van der Waals surface area contributed by atoms with Crippen molar-refractivity contribution in [2.24, 2.45) is 0 Å². The molecule has 0 saturated carbocycles. The summed E-state index contributed by atoms with van der Waals surface area (Å²) in [7, 11) is -0.190. The molecule has 54 valence electrons. The Labute approximate surface area is 81.7 Å². The molecule has 0 aliphatic rings. The van der Waals surface area contributed by atoms with Crippen LogP contribution in [-0.4, -0.2) is 14.7 Å². The molecule has 0 rings (SSSR count). The molecule has 0 aliphatic carbocycles. The number of rotatable bonds is 0. The van der Waals surface area contributed by atoms with Crippen LogP contribution >= 0.6 is 17.0 Å². The fourth-order valence-electron chi connectivity index (χ4n) is 0. The second-order valence-corrected chi connectivity index (χ2v) is 1.54. The maximum Gasteiger partial charge on any atom is 0 e. The van der Waals surface area contributed by atoms with Gasteiger partial charge in [0.25, 0.3) is 0 Å². The van der Waals surface area contributed by atoms with Gasteiger partial charge >= 0.3 is 37.0 Å².